The first kappa shape index (κ1) is 12.9. The largest absolute Gasteiger partial charge is 0.293 e. The minimum absolute atomic E-state index is 0.187. The number of aryl methyl sites for hydroxylation is 1. The van der Waals surface area contributed by atoms with Crippen LogP contribution in [0.3, 0.4) is 0 Å². The summed E-state index contributed by atoms with van der Waals surface area (Å²) in [6, 6.07) is 17.9. The van der Waals surface area contributed by atoms with Crippen molar-refractivity contribution in [3.05, 3.63) is 65.7 Å². The lowest BCUT2D eigenvalue weighted by Crippen LogP contribution is -2.02. The van der Waals surface area contributed by atoms with Gasteiger partial charge in [0.05, 0.1) is 5.75 Å². The first-order chi connectivity index (χ1) is 8.79. The van der Waals surface area contributed by atoms with Gasteiger partial charge in [0, 0.05) is 10.5 Å². The van der Waals surface area contributed by atoms with Crippen LogP contribution in [0.4, 0.5) is 0 Å². The van der Waals surface area contributed by atoms with Gasteiger partial charge in [0.15, 0.2) is 5.78 Å². The van der Waals surface area contributed by atoms with E-state index >= 15 is 0 Å². The van der Waals surface area contributed by atoms with Crippen LogP contribution in [0.25, 0.3) is 0 Å². The Hall–Kier alpha value is -1.54. The molecule has 0 fully saturated rings. The summed E-state index contributed by atoms with van der Waals surface area (Å²) >= 11 is 1.58. The van der Waals surface area contributed by atoms with Crippen LogP contribution in [0.15, 0.2) is 59.5 Å². The van der Waals surface area contributed by atoms with Crippen molar-refractivity contribution in [3.8, 4) is 0 Å². The third kappa shape index (κ3) is 3.47. The quantitative estimate of drug-likeness (QED) is 0.588. The number of carbonyl (C=O) groups is 1. The van der Waals surface area contributed by atoms with Crippen molar-refractivity contribution in [2.75, 3.05) is 5.75 Å². The van der Waals surface area contributed by atoms with Crippen LogP contribution in [0.5, 0.6) is 0 Å². The molecule has 1 nitrogen and oxygen atoms in total. The average molecular weight is 256 g/mol. The number of thioether (sulfide) groups is 1. The molecule has 0 aliphatic rings. The smallest absolute Gasteiger partial charge is 0.173 e. The van der Waals surface area contributed by atoms with Crippen LogP contribution in [-0.2, 0) is 6.42 Å². The fraction of sp³-hybridized carbons (Fsp3) is 0.188. The van der Waals surface area contributed by atoms with E-state index in [2.05, 4.69) is 6.92 Å². The van der Waals surface area contributed by atoms with Crippen molar-refractivity contribution in [1.29, 1.82) is 0 Å². The van der Waals surface area contributed by atoms with Gasteiger partial charge in [0.2, 0.25) is 0 Å². The highest BCUT2D eigenvalue weighted by atomic mass is 32.2. The van der Waals surface area contributed by atoms with Crippen molar-refractivity contribution in [2.24, 2.45) is 0 Å². The minimum atomic E-state index is 0.187. The van der Waals surface area contributed by atoms with Crippen LogP contribution >= 0.6 is 11.8 Å². The van der Waals surface area contributed by atoms with Gasteiger partial charge >= 0.3 is 0 Å². The molecule has 0 spiro atoms. The number of hydrogen-bond donors (Lipinski definition) is 0. The zero-order valence-electron chi connectivity index (χ0n) is 10.4. The van der Waals surface area contributed by atoms with Gasteiger partial charge in [-0.3, -0.25) is 4.79 Å². The number of Topliss-reactive ketones (excluding diaryl/α,β-unsaturated/α-hetero) is 1. The van der Waals surface area contributed by atoms with E-state index in [-0.39, 0.29) is 5.78 Å². The van der Waals surface area contributed by atoms with Gasteiger partial charge in [0.1, 0.15) is 0 Å². The highest BCUT2D eigenvalue weighted by Gasteiger charge is 2.06. The molecule has 0 unspecified atom stereocenters. The number of ketones is 1. The van der Waals surface area contributed by atoms with Crippen molar-refractivity contribution >= 4 is 17.5 Å². The van der Waals surface area contributed by atoms with E-state index in [1.54, 1.807) is 11.8 Å². The number of hydrogen-bond acceptors (Lipinski definition) is 2. The summed E-state index contributed by atoms with van der Waals surface area (Å²) in [6.45, 7) is 2.11. The Balaban J connectivity index is 1.95. The van der Waals surface area contributed by atoms with Crippen LogP contribution in [0.1, 0.15) is 22.8 Å². The summed E-state index contributed by atoms with van der Waals surface area (Å²) in [7, 11) is 0. The van der Waals surface area contributed by atoms with Gasteiger partial charge < -0.3 is 0 Å². The van der Waals surface area contributed by atoms with Gasteiger partial charge in [-0.2, -0.15) is 0 Å². The summed E-state index contributed by atoms with van der Waals surface area (Å²) in [6.07, 6.45) is 1.01. The lowest BCUT2D eigenvalue weighted by Gasteiger charge is -2.03. The molecule has 0 amide bonds. The molecule has 0 aliphatic carbocycles. The Morgan fingerprint density at radius 2 is 1.67 bits per heavy atom. The fourth-order valence-corrected chi connectivity index (χ4v) is 2.49. The van der Waals surface area contributed by atoms with Crippen LogP contribution in [-0.4, -0.2) is 11.5 Å². The molecule has 0 aliphatic heterocycles. The molecule has 2 heteroatoms. The molecular weight excluding hydrogens is 240 g/mol. The normalized spacial score (nSPS) is 10.3. The van der Waals surface area contributed by atoms with Gasteiger partial charge in [-0.25, -0.2) is 0 Å². The van der Waals surface area contributed by atoms with Gasteiger partial charge in [0.25, 0.3) is 0 Å². The van der Waals surface area contributed by atoms with Gasteiger partial charge in [-0.15, -0.1) is 11.8 Å². The molecule has 0 saturated heterocycles. The maximum absolute atomic E-state index is 12.0. The Morgan fingerprint density at radius 1 is 1.00 bits per heavy atom. The van der Waals surface area contributed by atoms with E-state index in [4.69, 9.17) is 0 Å². The molecule has 2 aromatic rings. The standard InChI is InChI=1S/C16H16OS/c1-2-13-8-10-14(11-9-13)16(17)12-18-15-6-4-3-5-7-15/h3-11H,2,12H2,1H3. The maximum atomic E-state index is 12.0. The van der Waals surface area contributed by atoms with Crippen LogP contribution < -0.4 is 0 Å². The first-order valence-electron chi connectivity index (χ1n) is 6.09. The van der Waals surface area contributed by atoms with E-state index in [1.165, 1.54) is 5.56 Å². The van der Waals surface area contributed by atoms with Crippen LogP contribution in [0, 0.1) is 0 Å². The Morgan fingerprint density at radius 3 is 2.28 bits per heavy atom. The van der Waals surface area contributed by atoms with Crippen LogP contribution in [0.2, 0.25) is 0 Å². The number of benzene rings is 2. The summed E-state index contributed by atoms with van der Waals surface area (Å²) in [5.74, 6) is 0.682. The van der Waals surface area contributed by atoms with Crippen molar-refractivity contribution in [2.45, 2.75) is 18.2 Å². The Bertz CT molecular complexity index is 502. The lowest BCUT2D eigenvalue weighted by atomic mass is 10.1. The topological polar surface area (TPSA) is 17.1 Å². The molecule has 0 bridgehead atoms. The van der Waals surface area contributed by atoms with E-state index < -0.39 is 0 Å². The molecule has 0 heterocycles. The first-order valence-corrected chi connectivity index (χ1v) is 7.08. The van der Waals surface area contributed by atoms with Gasteiger partial charge in [-0.05, 0) is 24.1 Å². The summed E-state index contributed by atoms with van der Waals surface area (Å²) in [4.78, 5) is 13.1. The predicted molar refractivity (Wildman–Crippen MR) is 77.3 cm³/mol. The van der Waals surface area contributed by atoms with Crippen molar-refractivity contribution in [3.63, 3.8) is 0 Å². The molecule has 92 valence electrons. The molecule has 2 rings (SSSR count). The minimum Gasteiger partial charge on any atom is -0.293 e. The molecular formula is C16H16OS. The molecule has 2 aromatic carbocycles. The second-order valence-electron chi connectivity index (χ2n) is 4.08. The maximum Gasteiger partial charge on any atom is 0.173 e. The van der Waals surface area contributed by atoms with E-state index in [0.717, 1.165) is 16.9 Å². The Labute approximate surface area is 112 Å². The van der Waals surface area contributed by atoms with E-state index in [9.17, 15) is 4.79 Å². The van der Waals surface area contributed by atoms with Crippen molar-refractivity contribution in [1.82, 2.24) is 0 Å². The highest BCUT2D eigenvalue weighted by Crippen LogP contribution is 2.18. The summed E-state index contributed by atoms with van der Waals surface area (Å²) in [5, 5.41) is 0. The summed E-state index contributed by atoms with van der Waals surface area (Å²) < 4.78 is 0. The van der Waals surface area contributed by atoms with Gasteiger partial charge in [-0.1, -0.05) is 49.4 Å². The molecule has 0 atom stereocenters. The van der Waals surface area contributed by atoms with E-state index in [0.29, 0.717) is 5.75 Å². The molecule has 0 N–H and O–H groups in total. The third-order valence-electron chi connectivity index (χ3n) is 2.80. The predicted octanol–water partition coefficient (Wildman–Crippen LogP) is 4.22. The summed E-state index contributed by atoms with van der Waals surface area (Å²) in [5.41, 5.74) is 2.07. The molecule has 0 aromatic heterocycles. The molecule has 0 saturated carbocycles. The highest BCUT2D eigenvalue weighted by molar-refractivity contribution is 8.00. The zero-order valence-corrected chi connectivity index (χ0v) is 11.2. The monoisotopic (exact) mass is 256 g/mol. The number of carbonyl (C=O) groups excluding carboxylic acids is 1. The Kier molecular flexibility index (Phi) is 4.59. The number of rotatable bonds is 5. The third-order valence-corrected chi connectivity index (χ3v) is 3.81. The lowest BCUT2D eigenvalue weighted by molar-refractivity contribution is 0.102. The van der Waals surface area contributed by atoms with Crippen molar-refractivity contribution < 1.29 is 4.79 Å². The molecule has 18 heavy (non-hydrogen) atoms. The molecule has 0 radical (unpaired) electrons. The van der Waals surface area contributed by atoms with E-state index in [1.807, 2.05) is 54.6 Å². The zero-order chi connectivity index (χ0) is 12.8. The second kappa shape index (κ2) is 6.41. The fourth-order valence-electron chi connectivity index (χ4n) is 1.68. The SMILES string of the molecule is CCc1ccc(C(=O)CSc2ccccc2)cc1. The second-order valence-corrected chi connectivity index (χ2v) is 5.12. The average Bonchev–Trinajstić information content (AvgIpc) is 2.46.